The summed E-state index contributed by atoms with van der Waals surface area (Å²) in [6.07, 6.45) is -0.390. The second kappa shape index (κ2) is 6.16. The molecule has 1 aromatic carbocycles. The normalized spacial score (nSPS) is 12.2. The largest absolute Gasteiger partial charge is 0.412 e. The molecular formula is C13H19NO2. The van der Waals surface area contributed by atoms with Crippen LogP contribution in [0.1, 0.15) is 20.8 Å². The van der Waals surface area contributed by atoms with Crippen molar-refractivity contribution in [2.45, 2.75) is 20.8 Å². The number of hydrogen-bond acceptors (Lipinski definition) is 2. The molecule has 0 aromatic heterocycles. The van der Waals surface area contributed by atoms with Gasteiger partial charge in [-0.3, -0.25) is 0 Å². The van der Waals surface area contributed by atoms with Gasteiger partial charge >= 0.3 is 6.09 Å². The number of para-hydroxylation sites is 1. The molecule has 0 aliphatic heterocycles. The molecule has 16 heavy (non-hydrogen) atoms. The van der Waals surface area contributed by atoms with Crippen LogP contribution in [0.25, 0.3) is 0 Å². The molecule has 0 aliphatic carbocycles. The van der Waals surface area contributed by atoms with E-state index >= 15 is 0 Å². The minimum Gasteiger partial charge on any atom is -0.410 e. The first-order valence-corrected chi connectivity index (χ1v) is 5.60. The van der Waals surface area contributed by atoms with Gasteiger partial charge in [0.1, 0.15) is 5.75 Å². The van der Waals surface area contributed by atoms with Gasteiger partial charge in [0, 0.05) is 6.54 Å². The molecule has 0 aliphatic rings. The van der Waals surface area contributed by atoms with Crippen LogP contribution in [0.15, 0.2) is 30.3 Å². The van der Waals surface area contributed by atoms with Gasteiger partial charge < -0.3 is 10.1 Å². The topological polar surface area (TPSA) is 38.3 Å². The minimum atomic E-state index is -0.390. The molecule has 1 N–H and O–H groups in total. The predicted molar refractivity (Wildman–Crippen MR) is 64.5 cm³/mol. The Hall–Kier alpha value is -1.51. The van der Waals surface area contributed by atoms with Crippen LogP contribution < -0.4 is 10.1 Å². The summed E-state index contributed by atoms with van der Waals surface area (Å²) in [5.41, 5.74) is 0. The monoisotopic (exact) mass is 221 g/mol. The zero-order chi connectivity index (χ0) is 12.0. The molecule has 1 rings (SSSR count). The Morgan fingerprint density at radius 3 is 2.44 bits per heavy atom. The van der Waals surface area contributed by atoms with E-state index in [1.165, 1.54) is 0 Å². The molecular weight excluding hydrogens is 202 g/mol. The second-order valence-electron chi connectivity index (χ2n) is 4.30. The van der Waals surface area contributed by atoms with Crippen LogP contribution in [0.2, 0.25) is 0 Å². The summed E-state index contributed by atoms with van der Waals surface area (Å²) in [5, 5.41) is 2.75. The van der Waals surface area contributed by atoms with Gasteiger partial charge in [-0.1, -0.05) is 39.0 Å². The Kier molecular flexibility index (Phi) is 4.83. The van der Waals surface area contributed by atoms with Gasteiger partial charge in [0.25, 0.3) is 0 Å². The van der Waals surface area contributed by atoms with E-state index in [-0.39, 0.29) is 0 Å². The first-order chi connectivity index (χ1) is 7.59. The number of carbonyl (C=O) groups is 1. The predicted octanol–water partition coefficient (Wildman–Crippen LogP) is 3.07. The first kappa shape index (κ1) is 12.6. The zero-order valence-corrected chi connectivity index (χ0v) is 10.1. The molecule has 3 heteroatoms. The fraction of sp³-hybridized carbons (Fsp3) is 0.462. The SMILES string of the molecule is CC(C)C(C)CNC(=O)Oc1ccccc1. The molecule has 1 aromatic rings. The van der Waals surface area contributed by atoms with E-state index in [1.54, 1.807) is 12.1 Å². The second-order valence-corrected chi connectivity index (χ2v) is 4.30. The number of amides is 1. The van der Waals surface area contributed by atoms with E-state index in [2.05, 4.69) is 26.1 Å². The fourth-order valence-electron chi connectivity index (χ4n) is 1.11. The summed E-state index contributed by atoms with van der Waals surface area (Å²) in [6.45, 7) is 7.01. The maximum atomic E-state index is 11.4. The Morgan fingerprint density at radius 1 is 1.25 bits per heavy atom. The number of nitrogens with one attached hydrogen (secondary N) is 1. The molecule has 0 bridgehead atoms. The summed E-state index contributed by atoms with van der Waals surface area (Å²) in [7, 11) is 0. The highest BCUT2D eigenvalue weighted by Crippen LogP contribution is 2.10. The highest BCUT2D eigenvalue weighted by Gasteiger charge is 2.09. The van der Waals surface area contributed by atoms with E-state index in [4.69, 9.17) is 4.74 Å². The van der Waals surface area contributed by atoms with E-state index in [1.807, 2.05) is 18.2 Å². The maximum absolute atomic E-state index is 11.4. The number of benzene rings is 1. The van der Waals surface area contributed by atoms with Crippen molar-refractivity contribution in [3.63, 3.8) is 0 Å². The van der Waals surface area contributed by atoms with Gasteiger partial charge in [-0.25, -0.2) is 4.79 Å². The molecule has 0 spiro atoms. The van der Waals surface area contributed by atoms with Crippen molar-refractivity contribution in [1.29, 1.82) is 0 Å². The standard InChI is InChI=1S/C13H19NO2/c1-10(2)11(3)9-14-13(15)16-12-7-5-4-6-8-12/h4-8,10-11H,9H2,1-3H3,(H,14,15). The molecule has 3 nitrogen and oxygen atoms in total. The van der Waals surface area contributed by atoms with E-state index in [0.717, 1.165) is 0 Å². The number of rotatable bonds is 4. The van der Waals surface area contributed by atoms with Crippen LogP contribution in [0.5, 0.6) is 5.75 Å². The lowest BCUT2D eigenvalue weighted by Crippen LogP contribution is -2.32. The minimum absolute atomic E-state index is 0.390. The Labute approximate surface area is 96.8 Å². The van der Waals surface area contributed by atoms with Crippen LogP contribution in [-0.2, 0) is 0 Å². The highest BCUT2D eigenvalue weighted by atomic mass is 16.5. The van der Waals surface area contributed by atoms with E-state index in [9.17, 15) is 4.79 Å². The van der Waals surface area contributed by atoms with Crippen molar-refractivity contribution < 1.29 is 9.53 Å². The van der Waals surface area contributed by atoms with Gasteiger partial charge in [-0.05, 0) is 24.0 Å². The molecule has 0 radical (unpaired) electrons. The van der Waals surface area contributed by atoms with Gasteiger partial charge in [-0.15, -0.1) is 0 Å². The summed E-state index contributed by atoms with van der Waals surface area (Å²) >= 11 is 0. The summed E-state index contributed by atoms with van der Waals surface area (Å²) in [6, 6.07) is 9.06. The molecule has 0 saturated heterocycles. The maximum Gasteiger partial charge on any atom is 0.412 e. The van der Waals surface area contributed by atoms with Crippen molar-refractivity contribution >= 4 is 6.09 Å². The van der Waals surface area contributed by atoms with Gasteiger partial charge in [0.05, 0.1) is 0 Å². The lowest BCUT2D eigenvalue weighted by Gasteiger charge is -2.15. The van der Waals surface area contributed by atoms with E-state index in [0.29, 0.717) is 24.1 Å². The molecule has 0 saturated carbocycles. The Morgan fingerprint density at radius 2 is 1.88 bits per heavy atom. The fourth-order valence-corrected chi connectivity index (χ4v) is 1.11. The number of ether oxygens (including phenoxy) is 1. The van der Waals surface area contributed by atoms with Crippen molar-refractivity contribution in [2.24, 2.45) is 11.8 Å². The third-order valence-corrected chi connectivity index (χ3v) is 2.66. The quantitative estimate of drug-likeness (QED) is 0.848. The average Bonchev–Trinajstić information content (AvgIpc) is 2.27. The third-order valence-electron chi connectivity index (χ3n) is 2.66. The third kappa shape index (κ3) is 4.34. The van der Waals surface area contributed by atoms with Crippen LogP contribution in [0.3, 0.4) is 0 Å². The number of hydrogen-bond donors (Lipinski definition) is 1. The first-order valence-electron chi connectivity index (χ1n) is 5.60. The lowest BCUT2D eigenvalue weighted by atomic mass is 9.98. The summed E-state index contributed by atoms with van der Waals surface area (Å²) in [4.78, 5) is 11.4. The average molecular weight is 221 g/mol. The molecule has 1 amide bonds. The molecule has 1 atom stereocenters. The van der Waals surface area contributed by atoms with Crippen molar-refractivity contribution in [3.05, 3.63) is 30.3 Å². The summed E-state index contributed by atoms with van der Waals surface area (Å²) in [5.74, 6) is 1.57. The van der Waals surface area contributed by atoms with Gasteiger partial charge in [-0.2, -0.15) is 0 Å². The van der Waals surface area contributed by atoms with Crippen LogP contribution in [-0.4, -0.2) is 12.6 Å². The smallest absolute Gasteiger partial charge is 0.410 e. The Balaban J connectivity index is 2.32. The van der Waals surface area contributed by atoms with Crippen molar-refractivity contribution in [2.75, 3.05) is 6.54 Å². The van der Waals surface area contributed by atoms with Gasteiger partial charge in [0.15, 0.2) is 0 Å². The van der Waals surface area contributed by atoms with Crippen molar-refractivity contribution in [1.82, 2.24) is 5.32 Å². The zero-order valence-electron chi connectivity index (χ0n) is 10.1. The summed E-state index contributed by atoms with van der Waals surface area (Å²) < 4.78 is 5.09. The van der Waals surface area contributed by atoms with Crippen molar-refractivity contribution in [3.8, 4) is 5.75 Å². The van der Waals surface area contributed by atoms with E-state index < -0.39 is 6.09 Å². The molecule has 1 unspecified atom stereocenters. The van der Waals surface area contributed by atoms with Gasteiger partial charge in [0.2, 0.25) is 0 Å². The lowest BCUT2D eigenvalue weighted by molar-refractivity contribution is 0.197. The number of carbonyl (C=O) groups excluding carboxylic acids is 1. The highest BCUT2D eigenvalue weighted by molar-refractivity contribution is 5.70. The molecule has 0 fully saturated rings. The molecule has 0 heterocycles. The van der Waals surface area contributed by atoms with Crippen LogP contribution in [0, 0.1) is 11.8 Å². The molecule has 88 valence electrons. The van der Waals surface area contributed by atoms with Crippen LogP contribution in [0.4, 0.5) is 4.79 Å². The van der Waals surface area contributed by atoms with Crippen LogP contribution >= 0.6 is 0 Å². The Bertz CT molecular complexity index is 322.